The summed E-state index contributed by atoms with van der Waals surface area (Å²) in [6.45, 7) is 1.26. The minimum Gasteiger partial charge on any atom is -0.349 e. The fourth-order valence-electron chi connectivity index (χ4n) is 2.75. The lowest BCUT2D eigenvalue weighted by Gasteiger charge is -2.31. The van der Waals surface area contributed by atoms with E-state index in [0.717, 1.165) is 18.5 Å². The first kappa shape index (κ1) is 16.8. The average molecular weight is 336 g/mol. The molecule has 1 aliphatic rings. The zero-order valence-electron chi connectivity index (χ0n) is 13.8. The van der Waals surface area contributed by atoms with Gasteiger partial charge in [-0.2, -0.15) is 0 Å². The van der Waals surface area contributed by atoms with E-state index in [4.69, 9.17) is 0 Å². The van der Waals surface area contributed by atoms with E-state index in [9.17, 15) is 9.59 Å². The molecule has 0 aliphatic carbocycles. The number of hydrogen-bond donors (Lipinski definition) is 1. The highest BCUT2D eigenvalue weighted by Crippen LogP contribution is 2.12. The van der Waals surface area contributed by atoms with Crippen molar-refractivity contribution in [1.29, 1.82) is 0 Å². The third-order valence-corrected chi connectivity index (χ3v) is 4.17. The van der Waals surface area contributed by atoms with Crippen LogP contribution in [0.25, 0.3) is 6.08 Å². The zero-order valence-corrected chi connectivity index (χ0v) is 13.8. The van der Waals surface area contributed by atoms with E-state index in [-0.39, 0.29) is 17.9 Å². The van der Waals surface area contributed by atoms with E-state index in [1.807, 2.05) is 18.2 Å². The van der Waals surface area contributed by atoms with Crippen LogP contribution in [0, 0.1) is 0 Å². The van der Waals surface area contributed by atoms with Crippen LogP contribution in [0.15, 0.2) is 55.0 Å². The van der Waals surface area contributed by atoms with E-state index in [0.29, 0.717) is 18.7 Å². The number of pyridine rings is 2. The van der Waals surface area contributed by atoms with Crippen LogP contribution < -0.4 is 5.32 Å². The highest BCUT2D eigenvalue weighted by atomic mass is 16.2. The van der Waals surface area contributed by atoms with Crippen molar-refractivity contribution in [3.8, 4) is 0 Å². The van der Waals surface area contributed by atoms with Gasteiger partial charge in [-0.3, -0.25) is 19.6 Å². The SMILES string of the molecule is O=C(NC1CCN(C(=O)/C=C/c2ccccn2)CC1)c1ccncc1. The van der Waals surface area contributed by atoms with Crippen LogP contribution in [0.1, 0.15) is 28.9 Å². The number of hydrogen-bond acceptors (Lipinski definition) is 4. The monoisotopic (exact) mass is 336 g/mol. The molecule has 2 aromatic heterocycles. The molecule has 6 nitrogen and oxygen atoms in total. The molecule has 1 saturated heterocycles. The lowest BCUT2D eigenvalue weighted by molar-refractivity contribution is -0.126. The third-order valence-electron chi connectivity index (χ3n) is 4.17. The number of carbonyl (C=O) groups is 2. The molecule has 3 rings (SSSR count). The molecule has 0 unspecified atom stereocenters. The van der Waals surface area contributed by atoms with Gasteiger partial charge in [0.05, 0.1) is 5.69 Å². The molecule has 0 saturated carbocycles. The number of piperidine rings is 1. The first-order valence-electron chi connectivity index (χ1n) is 8.31. The number of rotatable bonds is 4. The van der Waals surface area contributed by atoms with Crippen molar-refractivity contribution >= 4 is 17.9 Å². The molecule has 2 aromatic rings. The van der Waals surface area contributed by atoms with Gasteiger partial charge in [0, 0.05) is 49.4 Å². The van der Waals surface area contributed by atoms with E-state index in [1.54, 1.807) is 47.8 Å². The van der Waals surface area contributed by atoms with Crippen molar-refractivity contribution in [2.24, 2.45) is 0 Å². The van der Waals surface area contributed by atoms with Crippen molar-refractivity contribution in [2.75, 3.05) is 13.1 Å². The maximum atomic E-state index is 12.2. The highest BCUT2D eigenvalue weighted by molar-refractivity contribution is 5.94. The summed E-state index contributed by atoms with van der Waals surface area (Å²) in [5, 5.41) is 3.02. The van der Waals surface area contributed by atoms with E-state index in [1.165, 1.54) is 0 Å². The molecule has 0 spiro atoms. The summed E-state index contributed by atoms with van der Waals surface area (Å²) in [5.41, 5.74) is 1.36. The summed E-state index contributed by atoms with van der Waals surface area (Å²) in [6.07, 6.45) is 9.67. The first-order valence-corrected chi connectivity index (χ1v) is 8.31. The Labute approximate surface area is 146 Å². The molecule has 0 radical (unpaired) electrons. The van der Waals surface area contributed by atoms with Gasteiger partial charge in [0.1, 0.15) is 0 Å². The van der Waals surface area contributed by atoms with Crippen molar-refractivity contribution in [2.45, 2.75) is 18.9 Å². The zero-order chi connectivity index (χ0) is 17.5. The van der Waals surface area contributed by atoms with Gasteiger partial charge >= 0.3 is 0 Å². The minimum absolute atomic E-state index is 0.0236. The second kappa shape index (κ2) is 8.19. The Hall–Kier alpha value is -3.02. The summed E-state index contributed by atoms with van der Waals surface area (Å²) in [6, 6.07) is 9.04. The van der Waals surface area contributed by atoms with Gasteiger partial charge < -0.3 is 10.2 Å². The second-order valence-corrected chi connectivity index (χ2v) is 5.90. The Bertz CT molecular complexity index is 739. The predicted molar refractivity (Wildman–Crippen MR) is 94.6 cm³/mol. The van der Waals surface area contributed by atoms with Crippen LogP contribution in [0.2, 0.25) is 0 Å². The number of likely N-dealkylation sites (tertiary alicyclic amines) is 1. The first-order chi connectivity index (χ1) is 12.2. The summed E-state index contributed by atoms with van der Waals surface area (Å²) >= 11 is 0. The Morgan fingerprint density at radius 1 is 1.08 bits per heavy atom. The van der Waals surface area contributed by atoms with Crippen molar-refractivity contribution < 1.29 is 9.59 Å². The summed E-state index contributed by atoms with van der Waals surface area (Å²) < 4.78 is 0. The Morgan fingerprint density at radius 3 is 2.52 bits per heavy atom. The van der Waals surface area contributed by atoms with Gasteiger partial charge in [-0.1, -0.05) is 6.07 Å². The van der Waals surface area contributed by atoms with Crippen LogP contribution >= 0.6 is 0 Å². The van der Waals surface area contributed by atoms with Crippen molar-refractivity contribution in [3.05, 3.63) is 66.3 Å². The smallest absolute Gasteiger partial charge is 0.251 e. The molecule has 0 bridgehead atoms. The van der Waals surface area contributed by atoms with Crippen molar-refractivity contribution in [1.82, 2.24) is 20.2 Å². The largest absolute Gasteiger partial charge is 0.349 e. The van der Waals surface area contributed by atoms with Crippen molar-refractivity contribution in [3.63, 3.8) is 0 Å². The molecule has 1 aliphatic heterocycles. The van der Waals surface area contributed by atoms with Crippen LogP contribution in [-0.2, 0) is 4.79 Å². The molecule has 1 fully saturated rings. The van der Waals surface area contributed by atoms with E-state index in [2.05, 4.69) is 15.3 Å². The number of nitrogens with one attached hydrogen (secondary N) is 1. The molecular weight excluding hydrogens is 316 g/mol. The van der Waals surface area contributed by atoms with Crippen LogP contribution in [0.3, 0.4) is 0 Å². The molecule has 128 valence electrons. The number of aromatic nitrogens is 2. The van der Waals surface area contributed by atoms with Gasteiger partial charge in [-0.15, -0.1) is 0 Å². The molecule has 25 heavy (non-hydrogen) atoms. The van der Waals surface area contributed by atoms with Gasteiger partial charge in [0.25, 0.3) is 5.91 Å². The molecule has 3 heterocycles. The van der Waals surface area contributed by atoms with Gasteiger partial charge in [0.15, 0.2) is 0 Å². The molecule has 6 heteroatoms. The highest BCUT2D eigenvalue weighted by Gasteiger charge is 2.23. The number of nitrogens with zero attached hydrogens (tertiary/aromatic N) is 3. The molecular formula is C19H20N4O2. The topological polar surface area (TPSA) is 75.2 Å². The van der Waals surface area contributed by atoms with Crippen LogP contribution in [0.5, 0.6) is 0 Å². The third kappa shape index (κ3) is 4.73. The lowest BCUT2D eigenvalue weighted by Crippen LogP contribution is -2.46. The molecule has 2 amide bonds. The quantitative estimate of drug-likeness (QED) is 0.866. The maximum absolute atomic E-state index is 12.2. The van der Waals surface area contributed by atoms with Crippen LogP contribution in [-0.4, -0.2) is 45.8 Å². The van der Waals surface area contributed by atoms with Gasteiger partial charge in [-0.25, -0.2) is 0 Å². The fourth-order valence-corrected chi connectivity index (χ4v) is 2.75. The van der Waals surface area contributed by atoms with Gasteiger partial charge in [0.2, 0.25) is 5.91 Å². The number of carbonyl (C=O) groups excluding carboxylic acids is 2. The maximum Gasteiger partial charge on any atom is 0.251 e. The van der Waals surface area contributed by atoms with Gasteiger partial charge in [-0.05, 0) is 43.2 Å². The Morgan fingerprint density at radius 2 is 1.84 bits per heavy atom. The average Bonchev–Trinajstić information content (AvgIpc) is 2.68. The molecule has 0 atom stereocenters. The standard InChI is InChI=1S/C19H20N4O2/c24-18(5-4-16-3-1-2-10-21-16)23-13-8-17(9-14-23)22-19(25)15-6-11-20-12-7-15/h1-7,10-12,17H,8-9,13-14H2,(H,22,25)/b5-4+. The Kier molecular flexibility index (Phi) is 5.51. The minimum atomic E-state index is -0.0952. The van der Waals surface area contributed by atoms with E-state index >= 15 is 0 Å². The fraction of sp³-hybridized carbons (Fsp3) is 0.263. The molecule has 1 N–H and O–H groups in total. The summed E-state index contributed by atoms with van der Waals surface area (Å²) in [4.78, 5) is 34.3. The lowest BCUT2D eigenvalue weighted by atomic mass is 10.0. The summed E-state index contributed by atoms with van der Waals surface area (Å²) in [7, 11) is 0. The normalized spacial score (nSPS) is 15.3. The Balaban J connectivity index is 1.47. The predicted octanol–water partition coefficient (Wildman–Crippen LogP) is 1.91. The van der Waals surface area contributed by atoms with E-state index < -0.39 is 0 Å². The molecule has 0 aromatic carbocycles. The number of amides is 2. The van der Waals surface area contributed by atoms with Crippen LogP contribution in [0.4, 0.5) is 0 Å². The summed E-state index contributed by atoms with van der Waals surface area (Å²) in [5.74, 6) is -0.119. The second-order valence-electron chi connectivity index (χ2n) is 5.90.